The normalized spacial score (nSPS) is 10.6. The summed E-state index contributed by atoms with van der Waals surface area (Å²) in [6, 6.07) is 6.31. The van der Waals surface area contributed by atoms with E-state index in [-0.39, 0.29) is 5.91 Å². The molecule has 0 saturated carbocycles. The Balaban J connectivity index is 1.96. The van der Waals surface area contributed by atoms with Crippen LogP contribution in [0.5, 0.6) is 0 Å². The Hall–Kier alpha value is -2.10. The smallest absolute Gasteiger partial charge is 0.224 e. The zero-order valence-electron chi connectivity index (χ0n) is 12.4. The monoisotopic (exact) mass is 272 g/mol. The molecule has 0 bridgehead atoms. The Kier molecular flexibility index (Phi) is 4.23. The molecule has 1 heterocycles. The Morgan fingerprint density at radius 2 is 2.00 bits per heavy atom. The van der Waals surface area contributed by atoms with Gasteiger partial charge in [0, 0.05) is 6.42 Å². The van der Waals surface area contributed by atoms with Crippen LogP contribution in [0.15, 0.2) is 22.7 Å². The predicted octanol–water partition coefficient (Wildman–Crippen LogP) is 3.48. The molecule has 0 atom stereocenters. The van der Waals surface area contributed by atoms with Gasteiger partial charge in [0.2, 0.25) is 5.91 Å². The van der Waals surface area contributed by atoms with Crippen molar-refractivity contribution in [1.82, 2.24) is 5.16 Å². The van der Waals surface area contributed by atoms with Gasteiger partial charge in [-0.15, -0.1) is 0 Å². The minimum absolute atomic E-state index is 0.0145. The Morgan fingerprint density at radius 1 is 1.25 bits per heavy atom. The van der Waals surface area contributed by atoms with E-state index in [1.54, 1.807) is 6.92 Å². The van der Waals surface area contributed by atoms with Crippen LogP contribution in [0.3, 0.4) is 0 Å². The summed E-state index contributed by atoms with van der Waals surface area (Å²) in [4.78, 5) is 12.0. The SMILES string of the molecule is Cc1ccc(CCC(=O)Nc2c(C)noc2C)c(C)c1. The molecule has 0 saturated heterocycles. The molecule has 0 unspecified atom stereocenters. The van der Waals surface area contributed by atoms with E-state index >= 15 is 0 Å². The van der Waals surface area contributed by atoms with Crippen molar-refractivity contribution in [3.05, 3.63) is 46.3 Å². The summed E-state index contributed by atoms with van der Waals surface area (Å²) in [5.74, 6) is 0.627. The molecule has 0 spiro atoms. The van der Waals surface area contributed by atoms with Crippen LogP contribution >= 0.6 is 0 Å². The predicted molar refractivity (Wildman–Crippen MR) is 78.8 cm³/mol. The Labute approximate surface area is 119 Å². The number of aromatic nitrogens is 1. The highest BCUT2D eigenvalue weighted by atomic mass is 16.5. The number of aryl methyl sites for hydroxylation is 5. The number of amides is 1. The van der Waals surface area contributed by atoms with E-state index in [1.807, 2.05) is 6.92 Å². The fraction of sp³-hybridized carbons (Fsp3) is 0.375. The molecule has 2 aromatic rings. The van der Waals surface area contributed by atoms with E-state index in [9.17, 15) is 4.79 Å². The lowest BCUT2D eigenvalue weighted by Gasteiger charge is -2.07. The topological polar surface area (TPSA) is 55.1 Å². The van der Waals surface area contributed by atoms with Crippen LogP contribution < -0.4 is 5.32 Å². The molecule has 1 aromatic heterocycles. The molecular formula is C16H20N2O2. The molecule has 4 nitrogen and oxygen atoms in total. The minimum atomic E-state index is -0.0145. The maximum absolute atomic E-state index is 12.0. The molecule has 0 aliphatic rings. The third kappa shape index (κ3) is 3.26. The third-order valence-electron chi connectivity index (χ3n) is 3.42. The number of rotatable bonds is 4. The van der Waals surface area contributed by atoms with E-state index in [1.165, 1.54) is 16.7 Å². The second-order valence-corrected chi connectivity index (χ2v) is 5.18. The lowest BCUT2D eigenvalue weighted by molar-refractivity contribution is -0.116. The van der Waals surface area contributed by atoms with Crippen molar-refractivity contribution in [3.63, 3.8) is 0 Å². The van der Waals surface area contributed by atoms with Crippen molar-refractivity contribution >= 4 is 11.6 Å². The lowest BCUT2D eigenvalue weighted by Crippen LogP contribution is -2.13. The Morgan fingerprint density at radius 3 is 2.60 bits per heavy atom. The first-order valence-electron chi connectivity index (χ1n) is 6.76. The van der Waals surface area contributed by atoms with Crippen LogP contribution in [0, 0.1) is 27.7 Å². The van der Waals surface area contributed by atoms with Gasteiger partial charge in [0.15, 0.2) is 5.76 Å². The Bertz CT molecular complexity index is 610. The first kappa shape index (κ1) is 14.3. The summed E-state index contributed by atoms with van der Waals surface area (Å²) in [6.45, 7) is 7.76. The molecule has 0 radical (unpaired) electrons. The standard InChI is InChI=1S/C16H20N2O2/c1-10-5-6-14(11(2)9-10)7-8-15(19)17-16-12(3)18-20-13(16)4/h5-6,9H,7-8H2,1-4H3,(H,17,19). The zero-order valence-corrected chi connectivity index (χ0v) is 12.4. The first-order valence-corrected chi connectivity index (χ1v) is 6.76. The van der Waals surface area contributed by atoms with E-state index in [0.29, 0.717) is 23.6 Å². The molecule has 0 fully saturated rings. The van der Waals surface area contributed by atoms with Gasteiger partial charge in [0.1, 0.15) is 11.4 Å². The van der Waals surface area contributed by atoms with Crippen molar-refractivity contribution in [2.24, 2.45) is 0 Å². The molecule has 106 valence electrons. The molecule has 1 N–H and O–H groups in total. The van der Waals surface area contributed by atoms with Crippen LogP contribution in [-0.2, 0) is 11.2 Å². The molecule has 0 aliphatic carbocycles. The molecule has 2 rings (SSSR count). The van der Waals surface area contributed by atoms with Crippen molar-refractivity contribution < 1.29 is 9.32 Å². The number of nitrogens with one attached hydrogen (secondary N) is 1. The number of carbonyl (C=O) groups is 1. The molecule has 1 aromatic carbocycles. The number of carbonyl (C=O) groups excluding carboxylic acids is 1. The van der Waals surface area contributed by atoms with E-state index in [0.717, 1.165) is 6.42 Å². The van der Waals surface area contributed by atoms with Crippen LogP contribution in [0.25, 0.3) is 0 Å². The average molecular weight is 272 g/mol. The van der Waals surface area contributed by atoms with Gasteiger partial charge in [-0.25, -0.2) is 0 Å². The number of nitrogens with zero attached hydrogens (tertiary/aromatic N) is 1. The number of benzene rings is 1. The highest BCUT2D eigenvalue weighted by Crippen LogP contribution is 2.19. The van der Waals surface area contributed by atoms with Gasteiger partial charge in [0.05, 0.1) is 0 Å². The maximum atomic E-state index is 12.0. The number of anilines is 1. The van der Waals surface area contributed by atoms with Gasteiger partial charge >= 0.3 is 0 Å². The summed E-state index contributed by atoms with van der Waals surface area (Å²) < 4.78 is 5.03. The summed E-state index contributed by atoms with van der Waals surface area (Å²) in [7, 11) is 0. The molecule has 20 heavy (non-hydrogen) atoms. The quantitative estimate of drug-likeness (QED) is 0.927. The largest absolute Gasteiger partial charge is 0.359 e. The van der Waals surface area contributed by atoms with E-state index < -0.39 is 0 Å². The van der Waals surface area contributed by atoms with Crippen molar-refractivity contribution in [1.29, 1.82) is 0 Å². The van der Waals surface area contributed by atoms with Gasteiger partial charge in [-0.2, -0.15) is 0 Å². The number of hydrogen-bond acceptors (Lipinski definition) is 3. The first-order chi connectivity index (χ1) is 9.47. The van der Waals surface area contributed by atoms with Gasteiger partial charge in [-0.05, 0) is 45.2 Å². The summed E-state index contributed by atoms with van der Waals surface area (Å²) in [5, 5.41) is 6.69. The highest BCUT2D eigenvalue weighted by Gasteiger charge is 2.12. The second kappa shape index (κ2) is 5.90. The third-order valence-corrected chi connectivity index (χ3v) is 3.42. The molecular weight excluding hydrogens is 252 g/mol. The van der Waals surface area contributed by atoms with E-state index in [2.05, 4.69) is 42.5 Å². The van der Waals surface area contributed by atoms with Gasteiger partial charge in [-0.1, -0.05) is 28.9 Å². The zero-order chi connectivity index (χ0) is 14.7. The van der Waals surface area contributed by atoms with Crippen molar-refractivity contribution in [2.45, 2.75) is 40.5 Å². The van der Waals surface area contributed by atoms with Crippen LogP contribution in [-0.4, -0.2) is 11.1 Å². The molecule has 0 aliphatic heterocycles. The van der Waals surface area contributed by atoms with Gasteiger partial charge in [-0.3, -0.25) is 4.79 Å². The summed E-state index contributed by atoms with van der Waals surface area (Å²) in [6.07, 6.45) is 1.19. The van der Waals surface area contributed by atoms with Gasteiger partial charge < -0.3 is 9.84 Å². The molecule has 4 heteroatoms. The minimum Gasteiger partial charge on any atom is -0.359 e. The van der Waals surface area contributed by atoms with Crippen LogP contribution in [0.2, 0.25) is 0 Å². The number of hydrogen-bond donors (Lipinski definition) is 1. The fourth-order valence-electron chi connectivity index (χ4n) is 2.24. The second-order valence-electron chi connectivity index (χ2n) is 5.18. The average Bonchev–Trinajstić information content (AvgIpc) is 2.69. The van der Waals surface area contributed by atoms with E-state index in [4.69, 9.17) is 4.52 Å². The fourth-order valence-corrected chi connectivity index (χ4v) is 2.24. The van der Waals surface area contributed by atoms with Crippen molar-refractivity contribution in [3.8, 4) is 0 Å². The van der Waals surface area contributed by atoms with Crippen molar-refractivity contribution in [2.75, 3.05) is 5.32 Å². The summed E-state index contributed by atoms with van der Waals surface area (Å²) >= 11 is 0. The summed E-state index contributed by atoms with van der Waals surface area (Å²) in [5.41, 5.74) is 5.09. The maximum Gasteiger partial charge on any atom is 0.224 e. The molecule has 1 amide bonds. The van der Waals surface area contributed by atoms with Gasteiger partial charge in [0.25, 0.3) is 0 Å². The van der Waals surface area contributed by atoms with Crippen LogP contribution in [0.4, 0.5) is 5.69 Å². The lowest BCUT2D eigenvalue weighted by atomic mass is 10.0. The van der Waals surface area contributed by atoms with Crippen LogP contribution in [0.1, 0.15) is 34.6 Å². The highest BCUT2D eigenvalue weighted by molar-refractivity contribution is 5.91.